The second-order valence-corrected chi connectivity index (χ2v) is 9.22. The first-order chi connectivity index (χ1) is 12.1. The molecular weight excluding hydrogens is 424 g/mol. The molecule has 0 aromatic heterocycles. The Bertz CT molecular complexity index is 998. The van der Waals surface area contributed by atoms with Crippen LogP contribution in [-0.4, -0.2) is 25.5 Å². The van der Waals surface area contributed by atoms with Crippen molar-refractivity contribution in [3.05, 3.63) is 68.2 Å². The van der Waals surface area contributed by atoms with Crippen molar-refractivity contribution in [1.29, 1.82) is 0 Å². The number of carbonyl (C=O) groups excluding carboxylic acids is 1. The molecule has 9 heteroatoms. The zero-order valence-electron chi connectivity index (χ0n) is 13.7. The number of hydrogen-bond donors (Lipinski definition) is 1. The highest BCUT2D eigenvalue weighted by molar-refractivity contribution is 9.10. The van der Waals surface area contributed by atoms with Gasteiger partial charge in [-0.05, 0) is 36.6 Å². The minimum absolute atomic E-state index is 0.0528. The normalized spacial score (nSPS) is 15.3. The van der Waals surface area contributed by atoms with Crippen molar-refractivity contribution >= 4 is 37.4 Å². The predicted octanol–water partition coefficient (Wildman–Crippen LogP) is 3.18. The first-order valence-corrected chi connectivity index (χ1v) is 10.4. The lowest BCUT2D eigenvalue weighted by Crippen LogP contribution is -2.35. The average molecular weight is 439 g/mol. The van der Waals surface area contributed by atoms with Gasteiger partial charge in [-0.25, -0.2) is 8.42 Å². The van der Waals surface area contributed by atoms with Crippen LogP contribution in [-0.2, 0) is 15.4 Å². The summed E-state index contributed by atoms with van der Waals surface area (Å²) in [7, 11) is -3.69. The number of hydrogen-bond acceptors (Lipinski definition) is 5. The summed E-state index contributed by atoms with van der Waals surface area (Å²) in [5, 5.41) is 14.0. The van der Waals surface area contributed by atoms with E-state index in [1.165, 1.54) is 0 Å². The number of amides is 1. The first kappa shape index (κ1) is 18.5. The highest BCUT2D eigenvalue weighted by Gasteiger charge is 2.45. The predicted molar refractivity (Wildman–Crippen MR) is 98.7 cm³/mol. The molecule has 2 aromatic rings. The van der Waals surface area contributed by atoms with Gasteiger partial charge in [-0.3, -0.25) is 14.9 Å². The third kappa shape index (κ3) is 3.78. The first-order valence-electron chi connectivity index (χ1n) is 7.69. The van der Waals surface area contributed by atoms with Gasteiger partial charge in [0.2, 0.25) is 0 Å². The minimum atomic E-state index is -3.69. The van der Waals surface area contributed by atoms with Crippen molar-refractivity contribution in [1.82, 2.24) is 5.32 Å². The third-order valence-electron chi connectivity index (χ3n) is 4.29. The smallest absolute Gasteiger partial charge is 0.271 e. The Morgan fingerprint density at radius 1 is 1.19 bits per heavy atom. The number of non-ortho nitro benzene ring substituents is 1. The van der Waals surface area contributed by atoms with Crippen molar-refractivity contribution in [2.75, 3.05) is 6.26 Å². The lowest BCUT2D eigenvalue weighted by molar-refractivity contribution is -0.385. The van der Waals surface area contributed by atoms with Gasteiger partial charge in [-0.2, -0.15) is 0 Å². The maximum atomic E-state index is 12.7. The number of nitro benzene ring substituents is 1. The van der Waals surface area contributed by atoms with Gasteiger partial charge in [0.25, 0.3) is 11.6 Å². The summed E-state index contributed by atoms with van der Waals surface area (Å²) in [6.45, 7) is 0. The highest BCUT2D eigenvalue weighted by Crippen LogP contribution is 2.46. The molecule has 136 valence electrons. The standard InChI is InChI=1S/C17H15BrN2O5S/c1-26(24,25)15-9-11(8-14(10-15)20(22)23)16(21)19-17(6-7-17)12-2-4-13(18)5-3-12/h2-5,8-10H,6-7H2,1H3,(H,19,21). The molecule has 1 aliphatic carbocycles. The second kappa shape index (κ2) is 6.48. The third-order valence-corrected chi connectivity index (χ3v) is 5.91. The van der Waals surface area contributed by atoms with Crippen LogP contribution in [0.5, 0.6) is 0 Å². The molecule has 1 N–H and O–H groups in total. The molecule has 0 saturated heterocycles. The number of nitrogens with one attached hydrogen (secondary N) is 1. The van der Waals surface area contributed by atoms with Crippen LogP contribution < -0.4 is 5.32 Å². The van der Waals surface area contributed by atoms with Crippen molar-refractivity contribution in [2.45, 2.75) is 23.3 Å². The van der Waals surface area contributed by atoms with Crippen LogP contribution >= 0.6 is 15.9 Å². The molecule has 0 atom stereocenters. The maximum Gasteiger partial charge on any atom is 0.271 e. The van der Waals surface area contributed by atoms with Gasteiger partial charge < -0.3 is 5.32 Å². The number of nitrogens with zero attached hydrogens (tertiary/aromatic N) is 1. The summed E-state index contributed by atoms with van der Waals surface area (Å²) in [5.41, 5.74) is -0.0782. The molecule has 1 amide bonds. The summed E-state index contributed by atoms with van der Waals surface area (Å²) in [4.78, 5) is 22.8. The van der Waals surface area contributed by atoms with Gasteiger partial charge in [0.05, 0.1) is 15.4 Å². The van der Waals surface area contributed by atoms with Gasteiger partial charge in [-0.1, -0.05) is 28.1 Å². The van der Waals surface area contributed by atoms with Crippen molar-refractivity contribution in [2.24, 2.45) is 0 Å². The summed E-state index contributed by atoms with van der Waals surface area (Å²) in [5.74, 6) is -0.543. The van der Waals surface area contributed by atoms with Gasteiger partial charge in [-0.15, -0.1) is 0 Å². The van der Waals surface area contributed by atoms with Crippen molar-refractivity contribution < 1.29 is 18.1 Å². The minimum Gasteiger partial charge on any atom is -0.343 e. The second-order valence-electron chi connectivity index (χ2n) is 6.29. The van der Waals surface area contributed by atoms with Crippen LogP contribution in [0.15, 0.2) is 51.8 Å². The molecule has 0 aliphatic heterocycles. The Labute approximate surface area is 158 Å². The molecule has 0 radical (unpaired) electrons. The fraction of sp³-hybridized carbons (Fsp3) is 0.235. The fourth-order valence-electron chi connectivity index (χ4n) is 2.70. The van der Waals surface area contributed by atoms with Crippen molar-refractivity contribution in [3.63, 3.8) is 0 Å². The Morgan fingerprint density at radius 2 is 1.81 bits per heavy atom. The average Bonchev–Trinajstić information content (AvgIpc) is 3.34. The van der Waals surface area contributed by atoms with E-state index < -0.39 is 31.9 Å². The number of nitro groups is 1. The number of sulfone groups is 1. The monoisotopic (exact) mass is 438 g/mol. The summed E-state index contributed by atoms with van der Waals surface area (Å²) in [6, 6.07) is 10.7. The molecule has 26 heavy (non-hydrogen) atoms. The molecule has 0 bridgehead atoms. The van der Waals surface area contributed by atoms with E-state index in [0.29, 0.717) is 0 Å². The summed E-state index contributed by atoms with van der Waals surface area (Å²) >= 11 is 3.36. The molecule has 0 heterocycles. The Morgan fingerprint density at radius 3 is 2.31 bits per heavy atom. The maximum absolute atomic E-state index is 12.7. The summed E-state index contributed by atoms with van der Waals surface area (Å²) < 4.78 is 24.5. The van der Waals surface area contributed by atoms with E-state index in [0.717, 1.165) is 47.3 Å². The topological polar surface area (TPSA) is 106 Å². The number of halogens is 1. The highest BCUT2D eigenvalue weighted by atomic mass is 79.9. The molecule has 1 saturated carbocycles. The molecule has 1 aliphatic rings. The van der Waals surface area contributed by atoms with Crippen LogP contribution in [0, 0.1) is 10.1 Å². The summed E-state index contributed by atoms with van der Waals surface area (Å²) in [6.07, 6.45) is 2.43. The molecule has 0 unspecified atom stereocenters. The number of carbonyl (C=O) groups is 1. The van der Waals surface area contributed by atoms with Gasteiger partial charge in [0.1, 0.15) is 0 Å². The quantitative estimate of drug-likeness (QED) is 0.569. The van der Waals surface area contributed by atoms with E-state index in [4.69, 9.17) is 0 Å². The lowest BCUT2D eigenvalue weighted by Gasteiger charge is -2.18. The molecule has 3 rings (SSSR count). The van der Waals surface area contributed by atoms with E-state index in [-0.39, 0.29) is 10.5 Å². The van der Waals surface area contributed by atoms with E-state index in [2.05, 4.69) is 21.2 Å². The van der Waals surface area contributed by atoms with Crippen molar-refractivity contribution in [3.8, 4) is 0 Å². The SMILES string of the molecule is CS(=O)(=O)c1cc(C(=O)NC2(c3ccc(Br)cc3)CC2)cc([N+](=O)[O-])c1. The molecule has 1 fully saturated rings. The zero-order valence-corrected chi connectivity index (χ0v) is 16.1. The zero-order chi connectivity index (χ0) is 19.1. The van der Waals surface area contributed by atoms with E-state index in [1.54, 1.807) is 0 Å². The fourth-order valence-corrected chi connectivity index (χ4v) is 3.64. The molecule has 0 spiro atoms. The van der Waals surface area contributed by atoms with E-state index in [9.17, 15) is 23.3 Å². The lowest BCUT2D eigenvalue weighted by atomic mass is 10.0. The van der Waals surface area contributed by atoms with Gasteiger partial charge in [0, 0.05) is 28.4 Å². The van der Waals surface area contributed by atoms with Crippen LogP contribution in [0.25, 0.3) is 0 Å². The van der Waals surface area contributed by atoms with Gasteiger partial charge >= 0.3 is 0 Å². The Kier molecular flexibility index (Phi) is 4.61. The van der Waals surface area contributed by atoms with E-state index in [1.807, 2.05) is 24.3 Å². The van der Waals surface area contributed by atoms with Crippen LogP contribution in [0.2, 0.25) is 0 Å². The number of rotatable bonds is 5. The largest absolute Gasteiger partial charge is 0.343 e. The van der Waals surface area contributed by atoms with Gasteiger partial charge in [0.15, 0.2) is 9.84 Å². The van der Waals surface area contributed by atoms with Crippen LogP contribution in [0.3, 0.4) is 0 Å². The van der Waals surface area contributed by atoms with Crippen LogP contribution in [0.1, 0.15) is 28.8 Å². The van der Waals surface area contributed by atoms with Crippen LogP contribution in [0.4, 0.5) is 5.69 Å². The Hall–Kier alpha value is -2.26. The molecular formula is C17H15BrN2O5S. The Balaban J connectivity index is 1.94. The number of benzene rings is 2. The molecule has 7 nitrogen and oxygen atoms in total. The molecule has 2 aromatic carbocycles. The van der Waals surface area contributed by atoms with E-state index >= 15 is 0 Å².